The van der Waals surface area contributed by atoms with Gasteiger partial charge in [0, 0.05) is 7.05 Å². The predicted molar refractivity (Wildman–Crippen MR) is 81.0 cm³/mol. The zero-order chi connectivity index (χ0) is 18.7. The van der Waals surface area contributed by atoms with Crippen molar-refractivity contribution in [1.82, 2.24) is 4.90 Å². The van der Waals surface area contributed by atoms with Crippen molar-refractivity contribution >= 4 is 17.8 Å². The van der Waals surface area contributed by atoms with Crippen LogP contribution >= 0.6 is 0 Å². The number of amides is 1. The Morgan fingerprint density at radius 2 is 1.75 bits per heavy atom. The number of hydrogen-bond donors (Lipinski definition) is 2. The maximum Gasteiger partial charge on any atom is 0.490 e. The Kier molecular flexibility index (Phi) is 5.59. The summed E-state index contributed by atoms with van der Waals surface area (Å²) in [6.07, 6.45) is -5.08. The van der Waals surface area contributed by atoms with Gasteiger partial charge in [-0.2, -0.15) is 13.2 Å². The standard InChI is InChI=1S/C13H17N3O.C2HF3O2/c1-9(2)13(10-7-5-4-6-8-10)11(17)16(3)12(14)15-13;3-2(4,5)1(6)7/h4-9H,1-3H3,(H2,14,15);(H,6,7). The Balaban J connectivity index is 0.000000351. The molecule has 1 aliphatic heterocycles. The second-order valence-electron chi connectivity index (χ2n) is 5.42. The van der Waals surface area contributed by atoms with E-state index >= 15 is 0 Å². The summed E-state index contributed by atoms with van der Waals surface area (Å²) in [5, 5.41) is 7.12. The second-order valence-corrected chi connectivity index (χ2v) is 5.42. The van der Waals surface area contributed by atoms with E-state index in [1.165, 1.54) is 4.90 Å². The van der Waals surface area contributed by atoms with E-state index in [1.54, 1.807) is 7.05 Å². The van der Waals surface area contributed by atoms with Crippen LogP contribution in [0.5, 0.6) is 0 Å². The fourth-order valence-electron chi connectivity index (χ4n) is 2.25. The smallest absolute Gasteiger partial charge is 0.475 e. The Labute approximate surface area is 136 Å². The number of hydrogen-bond acceptors (Lipinski definition) is 4. The molecule has 0 spiro atoms. The van der Waals surface area contributed by atoms with Gasteiger partial charge in [0.25, 0.3) is 5.91 Å². The lowest BCUT2D eigenvalue weighted by Crippen LogP contribution is -2.43. The van der Waals surface area contributed by atoms with Crippen molar-refractivity contribution in [1.29, 1.82) is 0 Å². The van der Waals surface area contributed by atoms with Gasteiger partial charge in [-0.1, -0.05) is 44.2 Å². The maximum absolute atomic E-state index is 12.4. The van der Waals surface area contributed by atoms with Gasteiger partial charge in [0.1, 0.15) is 0 Å². The van der Waals surface area contributed by atoms with Gasteiger partial charge >= 0.3 is 12.1 Å². The molecule has 132 valence electrons. The lowest BCUT2D eigenvalue weighted by atomic mass is 9.80. The van der Waals surface area contributed by atoms with Gasteiger partial charge < -0.3 is 10.8 Å². The van der Waals surface area contributed by atoms with Crippen LogP contribution in [0.15, 0.2) is 35.3 Å². The van der Waals surface area contributed by atoms with Crippen molar-refractivity contribution in [3.8, 4) is 0 Å². The Morgan fingerprint density at radius 1 is 1.29 bits per heavy atom. The topological polar surface area (TPSA) is 96.0 Å². The highest BCUT2D eigenvalue weighted by atomic mass is 19.4. The molecule has 9 heteroatoms. The normalized spacial score (nSPS) is 20.5. The fraction of sp³-hybridized carbons (Fsp3) is 0.400. The van der Waals surface area contributed by atoms with Crippen LogP contribution < -0.4 is 5.73 Å². The van der Waals surface area contributed by atoms with Crippen LogP contribution in [-0.2, 0) is 15.1 Å². The number of carbonyl (C=O) groups is 2. The molecule has 0 saturated carbocycles. The van der Waals surface area contributed by atoms with E-state index in [0.29, 0.717) is 0 Å². The largest absolute Gasteiger partial charge is 0.490 e. The number of aliphatic imine (C=N–C) groups is 1. The predicted octanol–water partition coefficient (Wildman–Crippen LogP) is 1.96. The van der Waals surface area contributed by atoms with Crippen molar-refractivity contribution in [2.24, 2.45) is 16.6 Å². The molecule has 1 heterocycles. The summed E-state index contributed by atoms with van der Waals surface area (Å²) in [6, 6.07) is 9.60. The van der Waals surface area contributed by atoms with Crippen molar-refractivity contribution in [2.45, 2.75) is 25.6 Å². The number of carboxylic acids is 1. The lowest BCUT2D eigenvalue weighted by molar-refractivity contribution is -0.192. The zero-order valence-corrected chi connectivity index (χ0v) is 13.3. The molecular formula is C15H18F3N3O3. The molecule has 24 heavy (non-hydrogen) atoms. The number of benzene rings is 1. The van der Waals surface area contributed by atoms with Gasteiger partial charge in [0.2, 0.25) is 0 Å². The number of alkyl halides is 3. The molecule has 3 N–H and O–H groups in total. The first-order valence-electron chi connectivity index (χ1n) is 6.93. The Morgan fingerprint density at radius 3 is 2.04 bits per heavy atom. The summed E-state index contributed by atoms with van der Waals surface area (Å²) in [4.78, 5) is 27.2. The molecule has 1 unspecified atom stereocenters. The lowest BCUT2D eigenvalue weighted by Gasteiger charge is -2.29. The summed E-state index contributed by atoms with van der Waals surface area (Å²) in [5.74, 6) is -2.47. The van der Waals surface area contributed by atoms with Crippen molar-refractivity contribution in [2.75, 3.05) is 7.05 Å². The van der Waals surface area contributed by atoms with Crippen molar-refractivity contribution in [3.63, 3.8) is 0 Å². The monoisotopic (exact) mass is 345 g/mol. The summed E-state index contributed by atoms with van der Waals surface area (Å²) in [7, 11) is 1.66. The number of aliphatic carboxylic acids is 1. The molecule has 0 aromatic heterocycles. The third kappa shape index (κ3) is 3.66. The molecule has 1 aromatic carbocycles. The molecule has 1 aliphatic rings. The first kappa shape index (κ1) is 19.5. The van der Waals surface area contributed by atoms with Gasteiger partial charge in [0.15, 0.2) is 11.5 Å². The molecule has 1 amide bonds. The third-order valence-corrected chi connectivity index (χ3v) is 3.56. The molecule has 0 fully saturated rings. The number of guanidine groups is 1. The highest BCUT2D eigenvalue weighted by Gasteiger charge is 2.50. The highest BCUT2D eigenvalue weighted by Crippen LogP contribution is 2.38. The Hall–Kier alpha value is -2.58. The van der Waals surface area contributed by atoms with E-state index in [0.717, 1.165) is 5.56 Å². The van der Waals surface area contributed by atoms with E-state index in [9.17, 15) is 18.0 Å². The average molecular weight is 345 g/mol. The minimum absolute atomic E-state index is 0.0564. The molecule has 0 aliphatic carbocycles. The number of likely N-dealkylation sites (N-methyl/N-ethyl adjacent to an activating group) is 1. The molecule has 1 aromatic rings. The zero-order valence-electron chi connectivity index (χ0n) is 13.3. The van der Waals surface area contributed by atoms with E-state index < -0.39 is 17.7 Å². The van der Waals surface area contributed by atoms with Crippen molar-refractivity contribution in [3.05, 3.63) is 35.9 Å². The summed E-state index contributed by atoms with van der Waals surface area (Å²) in [5.41, 5.74) is 5.81. The van der Waals surface area contributed by atoms with E-state index in [4.69, 9.17) is 15.6 Å². The third-order valence-electron chi connectivity index (χ3n) is 3.56. The van der Waals surface area contributed by atoms with Crippen LogP contribution in [-0.4, -0.2) is 41.1 Å². The molecule has 0 saturated heterocycles. The van der Waals surface area contributed by atoms with Crippen LogP contribution in [0, 0.1) is 5.92 Å². The van der Waals surface area contributed by atoms with Crippen molar-refractivity contribution < 1.29 is 27.9 Å². The average Bonchev–Trinajstić information content (AvgIpc) is 2.73. The van der Waals surface area contributed by atoms with E-state index in [2.05, 4.69) is 4.99 Å². The van der Waals surface area contributed by atoms with E-state index in [1.807, 2.05) is 44.2 Å². The number of nitrogens with two attached hydrogens (primary N) is 1. The molecule has 0 radical (unpaired) electrons. The number of nitrogens with zero attached hydrogens (tertiary/aromatic N) is 2. The number of carbonyl (C=O) groups excluding carboxylic acids is 1. The van der Waals surface area contributed by atoms with Gasteiger partial charge in [-0.05, 0) is 11.5 Å². The number of carboxylic acid groups (broad SMARTS) is 1. The summed E-state index contributed by atoms with van der Waals surface area (Å²) < 4.78 is 31.7. The maximum atomic E-state index is 12.4. The summed E-state index contributed by atoms with van der Waals surface area (Å²) in [6.45, 7) is 3.97. The van der Waals surface area contributed by atoms with Crippen LogP contribution in [0.4, 0.5) is 13.2 Å². The minimum Gasteiger partial charge on any atom is -0.475 e. The quantitative estimate of drug-likeness (QED) is 0.856. The molecular weight excluding hydrogens is 327 g/mol. The number of rotatable bonds is 2. The second kappa shape index (κ2) is 6.90. The highest BCUT2D eigenvalue weighted by molar-refractivity contribution is 6.07. The molecule has 1 atom stereocenters. The minimum atomic E-state index is -5.08. The Bertz CT molecular complexity index is 644. The van der Waals surface area contributed by atoms with Crippen LogP contribution in [0.1, 0.15) is 19.4 Å². The van der Waals surface area contributed by atoms with Gasteiger partial charge in [-0.15, -0.1) is 0 Å². The van der Waals surface area contributed by atoms with E-state index in [-0.39, 0.29) is 17.8 Å². The molecule has 6 nitrogen and oxygen atoms in total. The first-order valence-corrected chi connectivity index (χ1v) is 6.93. The SMILES string of the molecule is CC(C)C1(c2ccccc2)N=C(N)N(C)C1=O.O=C(O)C(F)(F)F. The molecule has 2 rings (SSSR count). The fourth-order valence-corrected chi connectivity index (χ4v) is 2.25. The van der Waals surface area contributed by atoms with Gasteiger partial charge in [-0.3, -0.25) is 9.69 Å². The van der Waals surface area contributed by atoms with Gasteiger partial charge in [0.05, 0.1) is 0 Å². The molecule has 0 bridgehead atoms. The summed E-state index contributed by atoms with van der Waals surface area (Å²) >= 11 is 0. The van der Waals surface area contributed by atoms with Crippen LogP contribution in [0.3, 0.4) is 0 Å². The van der Waals surface area contributed by atoms with Gasteiger partial charge in [-0.25, -0.2) is 9.79 Å². The first-order chi connectivity index (χ1) is 10.9. The van der Waals surface area contributed by atoms with Crippen LogP contribution in [0.25, 0.3) is 0 Å². The number of halogens is 3. The van der Waals surface area contributed by atoms with Crippen LogP contribution in [0.2, 0.25) is 0 Å².